The van der Waals surface area contributed by atoms with Gasteiger partial charge in [-0.1, -0.05) is 23.2 Å². The highest BCUT2D eigenvalue weighted by Gasteiger charge is 2.12. The largest absolute Gasteiger partial charge is 0.506 e. The van der Waals surface area contributed by atoms with Crippen LogP contribution in [-0.2, 0) is 6.54 Å². The summed E-state index contributed by atoms with van der Waals surface area (Å²) in [5.74, 6) is -4.34. The average molecular weight is 322 g/mol. The molecule has 0 heterocycles. The van der Waals surface area contributed by atoms with E-state index in [1.54, 1.807) is 0 Å². The Hall–Kier alpha value is -1.59. The van der Waals surface area contributed by atoms with E-state index in [-0.39, 0.29) is 23.0 Å². The number of aromatic hydroxyl groups is 1. The van der Waals surface area contributed by atoms with Crippen molar-refractivity contribution in [3.05, 3.63) is 57.3 Å². The topological polar surface area (TPSA) is 32.3 Å². The molecular formula is C13H8Cl2F3NO. The zero-order valence-corrected chi connectivity index (χ0v) is 11.4. The van der Waals surface area contributed by atoms with Gasteiger partial charge in [-0.15, -0.1) is 0 Å². The molecule has 0 spiro atoms. The molecule has 2 aromatic carbocycles. The van der Waals surface area contributed by atoms with Crippen LogP contribution in [0, 0.1) is 17.5 Å². The standard InChI is InChI=1S/C13H8Cl2F3NO/c14-7-1-6(13(20)9(15)2-7)5-19-8-3-10(16)12(18)11(17)4-8/h1-4,19-20H,5H2. The second-order valence-electron chi connectivity index (χ2n) is 4.00. The Morgan fingerprint density at radius 1 is 1.00 bits per heavy atom. The third-order valence-electron chi connectivity index (χ3n) is 2.57. The molecular weight excluding hydrogens is 314 g/mol. The summed E-state index contributed by atoms with van der Waals surface area (Å²) in [4.78, 5) is 0. The first-order valence-electron chi connectivity index (χ1n) is 5.44. The van der Waals surface area contributed by atoms with E-state index >= 15 is 0 Å². The third kappa shape index (κ3) is 3.11. The number of anilines is 1. The predicted octanol–water partition coefficient (Wildman–Crippen LogP) is 4.73. The summed E-state index contributed by atoms with van der Waals surface area (Å²) in [7, 11) is 0. The number of benzene rings is 2. The van der Waals surface area contributed by atoms with E-state index in [4.69, 9.17) is 23.2 Å². The molecule has 0 unspecified atom stereocenters. The van der Waals surface area contributed by atoms with Crippen LogP contribution in [0.25, 0.3) is 0 Å². The van der Waals surface area contributed by atoms with E-state index in [9.17, 15) is 18.3 Å². The summed E-state index contributed by atoms with van der Waals surface area (Å²) < 4.78 is 38.8. The average Bonchev–Trinajstić information content (AvgIpc) is 2.38. The number of phenols is 1. The minimum atomic E-state index is -1.54. The minimum Gasteiger partial charge on any atom is -0.506 e. The van der Waals surface area contributed by atoms with Crippen molar-refractivity contribution in [1.29, 1.82) is 0 Å². The maximum Gasteiger partial charge on any atom is 0.194 e. The van der Waals surface area contributed by atoms with Crippen LogP contribution in [0.5, 0.6) is 5.75 Å². The molecule has 0 bridgehead atoms. The predicted molar refractivity (Wildman–Crippen MR) is 71.8 cm³/mol. The Labute approximate surface area is 122 Å². The number of phenolic OH excluding ortho intramolecular Hbond substituents is 1. The van der Waals surface area contributed by atoms with Gasteiger partial charge in [-0.2, -0.15) is 0 Å². The van der Waals surface area contributed by atoms with Crippen LogP contribution in [0.1, 0.15) is 5.56 Å². The van der Waals surface area contributed by atoms with Gasteiger partial charge in [-0.25, -0.2) is 13.2 Å². The van der Waals surface area contributed by atoms with Crippen molar-refractivity contribution >= 4 is 28.9 Å². The fourth-order valence-electron chi connectivity index (χ4n) is 1.61. The van der Waals surface area contributed by atoms with Crippen molar-refractivity contribution in [2.75, 3.05) is 5.32 Å². The molecule has 0 aliphatic heterocycles. The number of nitrogens with one attached hydrogen (secondary N) is 1. The Bertz CT molecular complexity index is 641. The monoisotopic (exact) mass is 321 g/mol. The van der Waals surface area contributed by atoms with Gasteiger partial charge < -0.3 is 10.4 Å². The summed E-state index contributed by atoms with van der Waals surface area (Å²) in [6.07, 6.45) is 0. The molecule has 0 aliphatic rings. The van der Waals surface area contributed by atoms with Crippen molar-refractivity contribution in [2.45, 2.75) is 6.54 Å². The fourth-order valence-corrected chi connectivity index (χ4v) is 2.14. The second kappa shape index (κ2) is 5.81. The molecule has 7 heteroatoms. The molecule has 2 nitrogen and oxygen atoms in total. The van der Waals surface area contributed by atoms with Gasteiger partial charge in [0.2, 0.25) is 0 Å². The van der Waals surface area contributed by atoms with E-state index in [0.717, 1.165) is 12.1 Å². The van der Waals surface area contributed by atoms with Crippen molar-refractivity contribution in [3.8, 4) is 5.75 Å². The summed E-state index contributed by atoms with van der Waals surface area (Å²) in [5, 5.41) is 12.7. The molecule has 0 amide bonds. The lowest BCUT2D eigenvalue weighted by molar-refractivity contribution is 0.447. The minimum absolute atomic E-state index is 0.0105. The van der Waals surface area contributed by atoms with Crippen LogP contribution < -0.4 is 5.32 Å². The number of hydrogen-bond acceptors (Lipinski definition) is 2. The van der Waals surface area contributed by atoms with Gasteiger partial charge in [0.25, 0.3) is 0 Å². The quantitative estimate of drug-likeness (QED) is 0.801. The molecule has 106 valence electrons. The Morgan fingerprint density at radius 3 is 2.20 bits per heavy atom. The van der Waals surface area contributed by atoms with Crippen molar-refractivity contribution in [2.24, 2.45) is 0 Å². The SMILES string of the molecule is Oc1c(Cl)cc(Cl)cc1CNc1cc(F)c(F)c(F)c1. The van der Waals surface area contributed by atoms with Crippen LogP contribution in [0.4, 0.5) is 18.9 Å². The summed E-state index contributed by atoms with van der Waals surface area (Å²) in [5.41, 5.74) is 0.365. The lowest BCUT2D eigenvalue weighted by Crippen LogP contribution is -2.02. The maximum absolute atomic E-state index is 13.0. The normalized spacial score (nSPS) is 10.7. The highest BCUT2D eigenvalue weighted by Crippen LogP contribution is 2.31. The molecule has 20 heavy (non-hydrogen) atoms. The first-order valence-corrected chi connectivity index (χ1v) is 6.19. The van der Waals surface area contributed by atoms with Gasteiger partial charge in [-0.3, -0.25) is 0 Å². The van der Waals surface area contributed by atoms with E-state index in [1.165, 1.54) is 12.1 Å². The summed E-state index contributed by atoms with van der Waals surface area (Å²) in [6.45, 7) is 0.0105. The van der Waals surface area contributed by atoms with Gasteiger partial charge in [0.05, 0.1) is 5.02 Å². The van der Waals surface area contributed by atoms with Crippen LogP contribution in [-0.4, -0.2) is 5.11 Å². The van der Waals surface area contributed by atoms with Gasteiger partial charge in [0, 0.05) is 35.0 Å². The number of rotatable bonds is 3. The molecule has 0 radical (unpaired) electrons. The molecule has 2 aromatic rings. The van der Waals surface area contributed by atoms with E-state index in [0.29, 0.717) is 10.6 Å². The van der Waals surface area contributed by atoms with Crippen LogP contribution in [0.3, 0.4) is 0 Å². The van der Waals surface area contributed by atoms with Gasteiger partial charge in [0.1, 0.15) is 5.75 Å². The van der Waals surface area contributed by atoms with Crippen LogP contribution >= 0.6 is 23.2 Å². The molecule has 0 aliphatic carbocycles. The molecule has 0 saturated carbocycles. The number of halogens is 5. The van der Waals surface area contributed by atoms with Gasteiger partial charge in [-0.05, 0) is 12.1 Å². The summed E-state index contributed by atoms with van der Waals surface area (Å²) in [6, 6.07) is 4.43. The molecule has 0 saturated heterocycles. The Morgan fingerprint density at radius 2 is 1.60 bits per heavy atom. The summed E-state index contributed by atoms with van der Waals surface area (Å²) >= 11 is 11.5. The van der Waals surface area contributed by atoms with Crippen LogP contribution in [0.2, 0.25) is 10.0 Å². The zero-order valence-electron chi connectivity index (χ0n) is 9.85. The lowest BCUT2D eigenvalue weighted by Gasteiger charge is -2.10. The van der Waals surface area contributed by atoms with Crippen molar-refractivity contribution in [3.63, 3.8) is 0 Å². The van der Waals surface area contributed by atoms with Crippen LogP contribution in [0.15, 0.2) is 24.3 Å². The maximum atomic E-state index is 13.0. The van der Waals surface area contributed by atoms with Gasteiger partial charge in [0.15, 0.2) is 17.5 Å². The molecule has 0 atom stereocenters. The first-order chi connectivity index (χ1) is 9.38. The molecule has 0 aromatic heterocycles. The van der Waals surface area contributed by atoms with Crippen molar-refractivity contribution in [1.82, 2.24) is 0 Å². The van der Waals surface area contributed by atoms with E-state index in [1.807, 2.05) is 0 Å². The smallest absolute Gasteiger partial charge is 0.194 e. The third-order valence-corrected chi connectivity index (χ3v) is 3.08. The van der Waals surface area contributed by atoms with E-state index < -0.39 is 17.5 Å². The Balaban J connectivity index is 2.21. The second-order valence-corrected chi connectivity index (χ2v) is 4.85. The fraction of sp³-hybridized carbons (Fsp3) is 0.0769. The highest BCUT2D eigenvalue weighted by molar-refractivity contribution is 6.35. The zero-order chi connectivity index (χ0) is 14.9. The van der Waals surface area contributed by atoms with E-state index in [2.05, 4.69) is 5.32 Å². The lowest BCUT2D eigenvalue weighted by atomic mass is 10.2. The van der Waals surface area contributed by atoms with Gasteiger partial charge >= 0.3 is 0 Å². The molecule has 2 rings (SSSR count). The highest BCUT2D eigenvalue weighted by atomic mass is 35.5. The molecule has 0 fully saturated rings. The van der Waals surface area contributed by atoms with Crippen molar-refractivity contribution < 1.29 is 18.3 Å². The number of hydrogen-bond donors (Lipinski definition) is 2. The Kier molecular flexibility index (Phi) is 4.30. The first kappa shape index (κ1) is 14.8. The molecule has 2 N–H and O–H groups in total.